The average Bonchev–Trinajstić information content (AvgIpc) is 2.92. The van der Waals surface area contributed by atoms with Crippen molar-refractivity contribution < 1.29 is 37.6 Å². The Kier molecular flexibility index (Phi) is 11.9. The van der Waals surface area contributed by atoms with Gasteiger partial charge < -0.3 is 32.8 Å². The van der Waals surface area contributed by atoms with E-state index in [1.807, 2.05) is 31.2 Å². The van der Waals surface area contributed by atoms with E-state index in [2.05, 4.69) is 53.8 Å². The van der Waals surface area contributed by atoms with E-state index in [0.717, 1.165) is 16.9 Å². The first-order valence-electron chi connectivity index (χ1n) is 15.1. The van der Waals surface area contributed by atoms with Crippen LogP contribution in [-0.4, -0.2) is 72.4 Å². The Morgan fingerprint density at radius 2 is 1.71 bits per heavy atom. The number of hydrogen-bond donors (Lipinski definition) is 0. The molecule has 2 aliphatic rings. The highest BCUT2D eigenvalue weighted by Gasteiger charge is 2.53. The van der Waals surface area contributed by atoms with Gasteiger partial charge in [0.1, 0.15) is 11.9 Å². The minimum absolute atomic E-state index is 0.0134. The highest BCUT2D eigenvalue weighted by Crippen LogP contribution is 2.45. The van der Waals surface area contributed by atoms with E-state index in [1.54, 1.807) is 21.3 Å². The quantitative estimate of drug-likeness (QED) is 0.175. The first-order chi connectivity index (χ1) is 19.6. The van der Waals surface area contributed by atoms with E-state index in [1.165, 1.54) is 0 Å². The minimum Gasteiger partial charge on any atom is -0.497 e. The number of fused-ring (bicyclic) bond motifs is 2. The van der Waals surface area contributed by atoms with E-state index < -0.39 is 20.2 Å². The maximum atomic E-state index is 13.5. The predicted octanol–water partition coefficient (Wildman–Crippen LogP) is 6.67. The Hall–Kier alpha value is -1.75. The van der Waals surface area contributed by atoms with E-state index in [4.69, 9.17) is 32.8 Å². The van der Waals surface area contributed by atoms with Crippen LogP contribution in [0.1, 0.15) is 66.4 Å². The van der Waals surface area contributed by atoms with Gasteiger partial charge in [-0.3, -0.25) is 4.79 Å². The molecular weight excluding hydrogens is 552 g/mol. The molecule has 1 fully saturated rings. The topological polar surface area (TPSA) is 81.7 Å². The molecule has 1 saturated heterocycles. The maximum absolute atomic E-state index is 13.5. The van der Waals surface area contributed by atoms with Crippen LogP contribution in [0.25, 0.3) is 0 Å². The highest BCUT2D eigenvalue weighted by molar-refractivity contribution is 6.74. The number of ether oxygens (including phenoxy) is 6. The summed E-state index contributed by atoms with van der Waals surface area (Å²) in [5.74, 6) is -0.693. The second-order valence-corrected chi connectivity index (χ2v) is 18.4. The smallest absolute Gasteiger partial charge is 0.311 e. The molecule has 2 aliphatic heterocycles. The van der Waals surface area contributed by atoms with Crippen molar-refractivity contribution in [3.63, 3.8) is 0 Å². The van der Waals surface area contributed by atoms with Crippen molar-refractivity contribution in [1.82, 2.24) is 0 Å². The predicted molar refractivity (Wildman–Crippen MR) is 166 cm³/mol. The number of carbonyl (C=O) groups excluding carboxylic acids is 1. The van der Waals surface area contributed by atoms with Crippen LogP contribution >= 0.6 is 0 Å². The first kappa shape index (κ1) is 34.7. The lowest BCUT2D eigenvalue weighted by Crippen LogP contribution is -2.59. The van der Waals surface area contributed by atoms with Gasteiger partial charge in [-0.25, -0.2) is 0 Å². The molecule has 0 aliphatic carbocycles. The normalized spacial score (nSPS) is 32.6. The van der Waals surface area contributed by atoms with Crippen molar-refractivity contribution >= 4 is 14.3 Å². The number of cyclic esters (lactones) is 1. The van der Waals surface area contributed by atoms with Crippen molar-refractivity contribution in [3.8, 4) is 5.75 Å². The van der Waals surface area contributed by atoms with E-state index >= 15 is 0 Å². The molecule has 2 heterocycles. The second kappa shape index (κ2) is 14.4. The zero-order chi connectivity index (χ0) is 31.3. The van der Waals surface area contributed by atoms with Crippen LogP contribution in [0.4, 0.5) is 0 Å². The van der Waals surface area contributed by atoms with Gasteiger partial charge in [0, 0.05) is 38.9 Å². The van der Waals surface area contributed by atoms with Crippen LogP contribution in [0.5, 0.6) is 5.75 Å². The fourth-order valence-electron chi connectivity index (χ4n) is 5.66. The Labute approximate surface area is 254 Å². The molecule has 0 unspecified atom stereocenters. The molecule has 7 atom stereocenters. The summed E-state index contributed by atoms with van der Waals surface area (Å²) in [6, 6.07) is 7.73. The zero-order valence-corrected chi connectivity index (χ0v) is 28.7. The lowest BCUT2D eigenvalue weighted by atomic mass is 9.80. The van der Waals surface area contributed by atoms with E-state index in [0.29, 0.717) is 19.4 Å². The van der Waals surface area contributed by atoms with Gasteiger partial charge in [0.15, 0.2) is 14.1 Å². The SMILES string of the molecule is COc1ccc(COC[C@H]2C/C(C)=C/[C@@H](OC)[C@@H](C)[C@@H]3O[C@](OC)(CC(=O)O2)C[C@H](O[Si](C)(C)C(C)(C)C)[C@H]3C)cc1. The van der Waals surface area contributed by atoms with Gasteiger partial charge in [-0.15, -0.1) is 0 Å². The number of carbonyl (C=O) groups is 1. The maximum Gasteiger partial charge on any atom is 0.311 e. The molecule has 1 aromatic rings. The van der Waals surface area contributed by atoms with Crippen molar-refractivity contribution in [1.29, 1.82) is 0 Å². The fourth-order valence-corrected chi connectivity index (χ4v) is 7.06. The summed E-state index contributed by atoms with van der Waals surface area (Å²) < 4.78 is 43.1. The van der Waals surface area contributed by atoms with Crippen molar-refractivity contribution in [2.75, 3.05) is 27.9 Å². The monoisotopic (exact) mass is 606 g/mol. The molecule has 0 saturated carbocycles. The lowest BCUT2D eigenvalue weighted by molar-refractivity contribution is -0.310. The number of esters is 1. The van der Waals surface area contributed by atoms with E-state index in [-0.39, 0.29) is 54.2 Å². The fraction of sp³-hybridized carbons (Fsp3) is 0.727. The third-order valence-electron chi connectivity index (χ3n) is 9.34. The van der Waals surface area contributed by atoms with Gasteiger partial charge in [0.2, 0.25) is 0 Å². The number of methoxy groups -OCH3 is 3. The number of rotatable bonds is 9. The molecule has 8 nitrogen and oxygen atoms in total. The van der Waals surface area contributed by atoms with Crippen LogP contribution in [0.15, 0.2) is 35.9 Å². The third-order valence-corrected chi connectivity index (χ3v) is 13.8. The average molecular weight is 607 g/mol. The van der Waals surface area contributed by atoms with Gasteiger partial charge in [-0.2, -0.15) is 0 Å². The van der Waals surface area contributed by atoms with Gasteiger partial charge in [-0.05, 0) is 42.8 Å². The summed E-state index contributed by atoms with van der Waals surface area (Å²) >= 11 is 0. The van der Waals surface area contributed by atoms with Crippen molar-refractivity contribution in [2.45, 2.75) is 116 Å². The summed E-state index contributed by atoms with van der Waals surface area (Å²) in [6.07, 6.45) is 2.01. The molecule has 2 bridgehead atoms. The summed E-state index contributed by atoms with van der Waals surface area (Å²) in [4.78, 5) is 13.5. The molecular formula is C33H54O8Si. The minimum atomic E-state index is -2.13. The van der Waals surface area contributed by atoms with Crippen LogP contribution < -0.4 is 4.74 Å². The zero-order valence-electron chi connectivity index (χ0n) is 27.7. The Morgan fingerprint density at radius 3 is 2.29 bits per heavy atom. The van der Waals surface area contributed by atoms with Crippen molar-refractivity contribution in [3.05, 3.63) is 41.5 Å². The van der Waals surface area contributed by atoms with Crippen LogP contribution in [0, 0.1) is 11.8 Å². The number of benzene rings is 1. The third kappa shape index (κ3) is 8.67. The standard InChI is InChI=1S/C33H54O8Si/c1-22-16-27(21-38-20-25-12-14-26(35-7)15-13-25)39-30(34)19-33(37-9)18-29(41-42(10,11)32(4,5)6)24(3)31(40-33)23(2)28(17-22)36-8/h12-15,17,23-24,27-29,31H,16,18-21H2,1-11H3/b22-17+/t23-,24-,27-,28-,29+,31+,33+/m1/s1. The Bertz CT molecular complexity index is 1050. The molecule has 0 spiro atoms. The molecule has 42 heavy (non-hydrogen) atoms. The van der Waals surface area contributed by atoms with E-state index in [9.17, 15) is 4.79 Å². The highest BCUT2D eigenvalue weighted by atomic mass is 28.4. The first-order valence-corrected chi connectivity index (χ1v) is 18.1. The van der Waals surface area contributed by atoms with Gasteiger partial charge in [0.25, 0.3) is 0 Å². The Morgan fingerprint density at radius 1 is 1.05 bits per heavy atom. The molecule has 3 rings (SSSR count). The molecule has 0 radical (unpaired) electrons. The second-order valence-electron chi connectivity index (χ2n) is 13.6. The summed E-state index contributed by atoms with van der Waals surface area (Å²) in [7, 11) is 2.85. The van der Waals surface area contributed by atoms with Crippen LogP contribution in [0.3, 0.4) is 0 Å². The molecule has 0 N–H and O–H groups in total. The molecule has 1 aromatic carbocycles. The largest absolute Gasteiger partial charge is 0.497 e. The summed E-state index contributed by atoms with van der Waals surface area (Å²) in [5.41, 5.74) is 2.08. The molecule has 0 amide bonds. The molecule has 238 valence electrons. The summed E-state index contributed by atoms with van der Waals surface area (Å²) in [6.45, 7) is 18.3. The van der Waals surface area contributed by atoms with Crippen molar-refractivity contribution in [2.24, 2.45) is 11.8 Å². The Balaban J connectivity index is 1.88. The van der Waals surface area contributed by atoms with Gasteiger partial charge >= 0.3 is 5.97 Å². The van der Waals surface area contributed by atoms with Crippen LogP contribution in [0.2, 0.25) is 18.1 Å². The van der Waals surface area contributed by atoms with Crippen LogP contribution in [-0.2, 0) is 39.5 Å². The molecule has 9 heteroatoms. The van der Waals surface area contributed by atoms with Gasteiger partial charge in [-0.1, -0.05) is 58.4 Å². The van der Waals surface area contributed by atoms with Gasteiger partial charge in [0.05, 0.1) is 45.1 Å². The summed E-state index contributed by atoms with van der Waals surface area (Å²) in [5, 5.41) is 0.0373. The molecule has 0 aromatic heterocycles. The lowest BCUT2D eigenvalue weighted by Gasteiger charge is -2.52. The number of hydrogen-bond acceptors (Lipinski definition) is 8.